The number of benzene rings is 1. The highest BCUT2D eigenvalue weighted by molar-refractivity contribution is 9.10. The van der Waals surface area contributed by atoms with Crippen LogP contribution in [-0.4, -0.2) is 43.3 Å². The van der Waals surface area contributed by atoms with Crippen LogP contribution in [0.15, 0.2) is 16.6 Å². The molecule has 21 heavy (non-hydrogen) atoms. The fourth-order valence-corrected chi connectivity index (χ4v) is 2.85. The number of esters is 1. The van der Waals surface area contributed by atoms with Gasteiger partial charge in [0.05, 0.1) is 19.4 Å². The number of ether oxygens (including phenoxy) is 1. The molecule has 1 aliphatic rings. The standard InChI is InChI=1S/C13H13BrF3NO3/c1-21-12(20)11-8(15)4-7(14)5-9(11)18-3-2-13(16,17)10(18)6-19/h4-5,10,19H,2-3,6H2,1H3. The second kappa shape index (κ2) is 5.84. The highest BCUT2D eigenvalue weighted by Crippen LogP contribution is 2.40. The minimum atomic E-state index is -3.11. The van der Waals surface area contributed by atoms with Gasteiger partial charge in [-0.15, -0.1) is 0 Å². The van der Waals surface area contributed by atoms with Gasteiger partial charge in [0.15, 0.2) is 0 Å². The Bertz CT molecular complexity index is 568. The average molecular weight is 368 g/mol. The Morgan fingerprint density at radius 3 is 2.81 bits per heavy atom. The van der Waals surface area contributed by atoms with Gasteiger partial charge in [-0.25, -0.2) is 18.0 Å². The van der Waals surface area contributed by atoms with Crippen molar-refractivity contribution in [2.75, 3.05) is 25.2 Å². The monoisotopic (exact) mass is 367 g/mol. The zero-order valence-electron chi connectivity index (χ0n) is 11.1. The molecule has 1 heterocycles. The van der Waals surface area contributed by atoms with Gasteiger partial charge >= 0.3 is 5.97 Å². The van der Waals surface area contributed by atoms with Crippen molar-refractivity contribution in [3.63, 3.8) is 0 Å². The average Bonchev–Trinajstić information content (AvgIpc) is 2.71. The van der Waals surface area contributed by atoms with Crippen LogP contribution < -0.4 is 4.90 Å². The number of aliphatic hydroxyl groups is 1. The maximum Gasteiger partial charge on any atom is 0.342 e. The van der Waals surface area contributed by atoms with Crippen molar-refractivity contribution in [1.29, 1.82) is 0 Å². The summed E-state index contributed by atoms with van der Waals surface area (Å²) in [5.74, 6) is -4.94. The predicted molar refractivity (Wildman–Crippen MR) is 73.2 cm³/mol. The summed E-state index contributed by atoms with van der Waals surface area (Å²) in [4.78, 5) is 12.9. The van der Waals surface area contributed by atoms with Crippen molar-refractivity contribution < 1.29 is 27.8 Å². The number of halogens is 4. The predicted octanol–water partition coefficient (Wildman–Crippen LogP) is 2.58. The summed E-state index contributed by atoms with van der Waals surface area (Å²) >= 11 is 3.07. The lowest BCUT2D eigenvalue weighted by Gasteiger charge is -2.29. The van der Waals surface area contributed by atoms with Gasteiger partial charge in [0, 0.05) is 17.4 Å². The molecule has 0 saturated carbocycles. The van der Waals surface area contributed by atoms with Crippen LogP contribution in [0.25, 0.3) is 0 Å². The Morgan fingerprint density at radius 2 is 2.24 bits per heavy atom. The molecule has 1 fully saturated rings. The summed E-state index contributed by atoms with van der Waals surface area (Å²) in [6.45, 7) is -0.903. The minimum absolute atomic E-state index is 0.0232. The van der Waals surface area contributed by atoms with Crippen molar-refractivity contribution in [3.8, 4) is 0 Å². The van der Waals surface area contributed by atoms with Crippen LogP contribution in [-0.2, 0) is 4.74 Å². The van der Waals surface area contributed by atoms with E-state index in [9.17, 15) is 23.1 Å². The first kappa shape index (κ1) is 16.1. The molecule has 4 nitrogen and oxygen atoms in total. The lowest BCUT2D eigenvalue weighted by Crippen LogP contribution is -2.42. The summed E-state index contributed by atoms with van der Waals surface area (Å²) in [5, 5.41) is 9.22. The molecule has 1 aromatic rings. The molecule has 8 heteroatoms. The number of nitrogens with zero attached hydrogens (tertiary/aromatic N) is 1. The first-order valence-electron chi connectivity index (χ1n) is 6.14. The molecule has 0 amide bonds. The molecule has 0 radical (unpaired) electrons. The molecule has 1 saturated heterocycles. The molecular weight excluding hydrogens is 355 g/mol. The molecule has 1 unspecified atom stereocenters. The van der Waals surface area contributed by atoms with Crippen molar-refractivity contribution in [2.24, 2.45) is 0 Å². The Labute approximate surface area is 127 Å². The number of hydrogen-bond acceptors (Lipinski definition) is 4. The van der Waals surface area contributed by atoms with Gasteiger partial charge in [0.25, 0.3) is 5.92 Å². The van der Waals surface area contributed by atoms with E-state index in [0.29, 0.717) is 4.47 Å². The second-order valence-electron chi connectivity index (χ2n) is 4.68. The Morgan fingerprint density at radius 1 is 1.57 bits per heavy atom. The molecule has 0 aliphatic carbocycles. The van der Waals surface area contributed by atoms with E-state index in [-0.39, 0.29) is 12.2 Å². The Kier molecular flexibility index (Phi) is 4.48. The third kappa shape index (κ3) is 2.87. The van der Waals surface area contributed by atoms with E-state index >= 15 is 0 Å². The Hall–Kier alpha value is -1.28. The van der Waals surface area contributed by atoms with Gasteiger partial charge in [0.1, 0.15) is 17.4 Å². The fraction of sp³-hybridized carbons (Fsp3) is 0.462. The lowest BCUT2D eigenvalue weighted by molar-refractivity contribution is -0.0218. The third-order valence-electron chi connectivity index (χ3n) is 3.46. The SMILES string of the molecule is COC(=O)c1c(F)cc(Br)cc1N1CCC(F)(F)C1CO. The summed E-state index contributed by atoms with van der Waals surface area (Å²) in [6, 6.07) is 0.909. The van der Waals surface area contributed by atoms with Crippen molar-refractivity contribution >= 4 is 27.6 Å². The Balaban J connectivity index is 2.55. The van der Waals surface area contributed by atoms with E-state index in [0.717, 1.165) is 18.1 Å². The number of aliphatic hydroxyl groups excluding tert-OH is 1. The largest absolute Gasteiger partial charge is 0.465 e. The van der Waals surface area contributed by atoms with Crippen LogP contribution in [0.5, 0.6) is 0 Å². The van der Waals surface area contributed by atoms with Crippen LogP contribution in [0.4, 0.5) is 18.9 Å². The number of hydrogen-bond donors (Lipinski definition) is 1. The number of carbonyl (C=O) groups is 1. The van der Waals surface area contributed by atoms with Gasteiger partial charge in [-0.1, -0.05) is 15.9 Å². The molecule has 2 rings (SSSR count). The van der Waals surface area contributed by atoms with E-state index in [1.807, 2.05) is 0 Å². The number of alkyl halides is 2. The van der Waals surface area contributed by atoms with E-state index < -0.39 is 42.3 Å². The van der Waals surface area contributed by atoms with Gasteiger partial charge in [-0.05, 0) is 12.1 Å². The maximum absolute atomic E-state index is 14.0. The zero-order valence-corrected chi connectivity index (χ0v) is 12.7. The van der Waals surface area contributed by atoms with Crippen LogP contribution in [0, 0.1) is 5.82 Å². The summed E-state index contributed by atoms with van der Waals surface area (Å²) in [6.07, 6.45) is -0.479. The molecule has 0 bridgehead atoms. The molecule has 1 aromatic carbocycles. The number of rotatable bonds is 3. The lowest BCUT2D eigenvalue weighted by atomic mass is 10.1. The smallest absolute Gasteiger partial charge is 0.342 e. The van der Waals surface area contributed by atoms with Gasteiger partial charge in [-0.2, -0.15) is 0 Å². The van der Waals surface area contributed by atoms with Crippen LogP contribution in [0.3, 0.4) is 0 Å². The summed E-state index contributed by atoms with van der Waals surface area (Å²) in [7, 11) is 1.08. The molecule has 1 N–H and O–H groups in total. The second-order valence-corrected chi connectivity index (χ2v) is 5.59. The van der Waals surface area contributed by atoms with E-state index in [1.54, 1.807) is 0 Å². The molecular formula is C13H13BrF3NO3. The van der Waals surface area contributed by atoms with Crippen molar-refractivity contribution in [2.45, 2.75) is 18.4 Å². The van der Waals surface area contributed by atoms with Crippen molar-refractivity contribution in [3.05, 3.63) is 28.0 Å². The number of carbonyl (C=O) groups excluding carboxylic acids is 1. The first-order valence-corrected chi connectivity index (χ1v) is 6.93. The zero-order chi connectivity index (χ0) is 15.8. The highest BCUT2D eigenvalue weighted by atomic mass is 79.9. The number of methoxy groups -OCH3 is 1. The summed E-state index contributed by atoms with van der Waals surface area (Å²) in [5.41, 5.74) is -0.443. The topological polar surface area (TPSA) is 49.8 Å². The van der Waals surface area contributed by atoms with Crippen LogP contribution >= 0.6 is 15.9 Å². The normalized spacial score (nSPS) is 20.7. The van der Waals surface area contributed by atoms with Gasteiger partial charge in [0.2, 0.25) is 0 Å². The highest BCUT2D eigenvalue weighted by Gasteiger charge is 2.49. The molecule has 116 valence electrons. The van der Waals surface area contributed by atoms with Crippen LogP contribution in [0.2, 0.25) is 0 Å². The number of anilines is 1. The first-order chi connectivity index (χ1) is 9.81. The quantitative estimate of drug-likeness (QED) is 0.834. The molecule has 0 spiro atoms. The molecule has 1 atom stereocenters. The molecule has 1 aliphatic heterocycles. The summed E-state index contributed by atoms with van der Waals surface area (Å²) < 4.78 is 46.3. The van der Waals surface area contributed by atoms with E-state index in [1.165, 1.54) is 6.07 Å². The van der Waals surface area contributed by atoms with E-state index in [2.05, 4.69) is 20.7 Å². The van der Waals surface area contributed by atoms with Crippen LogP contribution in [0.1, 0.15) is 16.8 Å². The maximum atomic E-state index is 14.0. The van der Waals surface area contributed by atoms with Gasteiger partial charge in [-0.3, -0.25) is 0 Å². The fourth-order valence-electron chi connectivity index (χ4n) is 2.43. The third-order valence-corrected chi connectivity index (χ3v) is 3.91. The van der Waals surface area contributed by atoms with Crippen molar-refractivity contribution in [1.82, 2.24) is 0 Å². The van der Waals surface area contributed by atoms with E-state index in [4.69, 9.17) is 0 Å². The molecule has 0 aromatic heterocycles. The van der Waals surface area contributed by atoms with Gasteiger partial charge < -0.3 is 14.7 Å². The minimum Gasteiger partial charge on any atom is -0.465 e.